The van der Waals surface area contributed by atoms with Crippen molar-refractivity contribution in [2.75, 3.05) is 14.2 Å². The third kappa shape index (κ3) is 11.5. The molecule has 5 rings (SSSR count). The lowest BCUT2D eigenvalue weighted by Crippen LogP contribution is -2.19. The molecule has 0 aliphatic rings. The van der Waals surface area contributed by atoms with Gasteiger partial charge in [0.2, 0.25) is 0 Å². The van der Waals surface area contributed by atoms with Gasteiger partial charge in [-0.05, 0) is 98.6 Å². The van der Waals surface area contributed by atoms with E-state index in [0.717, 1.165) is 16.7 Å². The molecule has 0 heterocycles. The van der Waals surface area contributed by atoms with Crippen molar-refractivity contribution in [1.82, 2.24) is 15.4 Å². The zero-order valence-corrected chi connectivity index (χ0v) is 32.7. The largest absolute Gasteiger partial charge is 0.563 e. The predicted molar refractivity (Wildman–Crippen MR) is 211 cm³/mol. The van der Waals surface area contributed by atoms with Crippen LogP contribution in [0.2, 0.25) is 0 Å². The molecule has 4 atom stereocenters. The van der Waals surface area contributed by atoms with E-state index in [9.17, 15) is 19.6 Å². The number of hydrogen-bond acceptors (Lipinski definition) is 13. The summed E-state index contributed by atoms with van der Waals surface area (Å²) in [6, 6.07) is 39.7. The number of rotatable bonds is 20. The Morgan fingerprint density at radius 1 is 0.685 bits per heavy atom. The van der Waals surface area contributed by atoms with E-state index in [1.54, 1.807) is 68.9 Å². The van der Waals surface area contributed by atoms with Gasteiger partial charge in [0.15, 0.2) is 0 Å². The van der Waals surface area contributed by atoms with Gasteiger partial charge in [-0.25, -0.2) is 15.3 Å². The summed E-state index contributed by atoms with van der Waals surface area (Å²) in [5.74, 6) is -0.273. The average Bonchev–Trinajstić information content (AvgIpc) is 3.21. The summed E-state index contributed by atoms with van der Waals surface area (Å²) >= 11 is 6.06. The highest BCUT2D eigenvalue weighted by molar-refractivity contribution is 8.09. The number of hydrogen-bond donors (Lipinski definition) is 4. The van der Waals surface area contributed by atoms with Crippen molar-refractivity contribution in [2.45, 2.75) is 24.7 Å². The lowest BCUT2D eigenvalue weighted by Gasteiger charge is -2.29. The molecule has 0 saturated carbocycles. The summed E-state index contributed by atoms with van der Waals surface area (Å²) in [5.41, 5.74) is 3.85. The fraction of sp³-hybridized carbons (Fsp3) is 0.162. The van der Waals surface area contributed by atoms with Crippen LogP contribution in [0.25, 0.3) is 0 Å². The minimum atomic E-state index is -3.47. The van der Waals surface area contributed by atoms with Crippen LogP contribution in [0.1, 0.15) is 39.4 Å². The molecule has 0 amide bonds. The molecule has 17 heteroatoms. The van der Waals surface area contributed by atoms with E-state index in [0.29, 0.717) is 41.5 Å². The van der Waals surface area contributed by atoms with Gasteiger partial charge < -0.3 is 13.8 Å². The van der Waals surface area contributed by atoms with Crippen LogP contribution < -0.4 is 24.4 Å². The Kier molecular flexibility index (Phi) is 15.3. The fourth-order valence-electron chi connectivity index (χ4n) is 5.07. The highest BCUT2D eigenvalue weighted by Gasteiger charge is 2.37. The second-order valence-corrected chi connectivity index (χ2v) is 17.3. The molecule has 4 N–H and O–H groups in total. The lowest BCUT2D eigenvalue weighted by atomic mass is 10.2. The maximum atomic E-state index is 12.7. The van der Waals surface area contributed by atoms with Gasteiger partial charge >= 0.3 is 22.7 Å². The molecule has 0 fully saturated rings. The van der Waals surface area contributed by atoms with Crippen LogP contribution in [0.3, 0.4) is 0 Å². The van der Waals surface area contributed by atoms with Crippen molar-refractivity contribution in [2.24, 2.45) is 5.10 Å². The van der Waals surface area contributed by atoms with Crippen LogP contribution >= 0.6 is 22.7 Å². The van der Waals surface area contributed by atoms with Crippen molar-refractivity contribution in [1.29, 1.82) is 0 Å². The van der Waals surface area contributed by atoms with Gasteiger partial charge in [-0.2, -0.15) is 5.10 Å². The van der Waals surface area contributed by atoms with Crippen LogP contribution in [-0.2, 0) is 43.4 Å². The molecule has 280 valence electrons. The summed E-state index contributed by atoms with van der Waals surface area (Å²) in [4.78, 5) is 0. The number of benzene rings is 5. The Bertz CT molecular complexity index is 1920. The maximum absolute atomic E-state index is 12.7. The van der Waals surface area contributed by atoms with Crippen LogP contribution in [0.5, 0.6) is 17.2 Å². The lowest BCUT2D eigenvalue weighted by molar-refractivity contribution is -0.131. The maximum Gasteiger partial charge on any atom is 0.563 e. The normalized spacial score (nSPS) is 14.1. The Morgan fingerprint density at radius 2 is 1.09 bits per heavy atom. The Balaban J connectivity index is 1.37. The van der Waals surface area contributed by atoms with E-state index in [1.807, 2.05) is 84.9 Å². The second-order valence-electron chi connectivity index (χ2n) is 11.6. The minimum absolute atomic E-state index is 0.342. The number of hydrazone groups is 1. The first-order valence-corrected chi connectivity index (χ1v) is 21.5. The van der Waals surface area contributed by atoms with Gasteiger partial charge in [0.25, 0.3) is 11.6 Å². The van der Waals surface area contributed by atoms with E-state index in [-0.39, 0.29) is 0 Å². The topological polar surface area (TPSA) is 160 Å². The van der Waals surface area contributed by atoms with Crippen molar-refractivity contribution in [3.63, 3.8) is 0 Å². The van der Waals surface area contributed by atoms with Crippen LogP contribution in [0, 0.1) is 0 Å². The minimum Gasteiger partial charge on any atom is -0.497 e. The molecule has 0 aliphatic carbocycles. The number of ether oxygens (including phenoxy) is 1. The highest BCUT2D eigenvalue weighted by atomic mass is 32.5. The van der Waals surface area contributed by atoms with E-state index in [4.69, 9.17) is 25.6 Å². The van der Waals surface area contributed by atoms with Crippen molar-refractivity contribution < 1.29 is 42.8 Å². The molecule has 0 spiro atoms. The van der Waals surface area contributed by atoms with Crippen LogP contribution in [-0.4, -0.2) is 35.7 Å². The number of nitrogens with one attached hydrogen (secondary N) is 2. The number of methoxy groups -OCH3 is 1. The van der Waals surface area contributed by atoms with Crippen LogP contribution in [0.15, 0.2) is 139 Å². The predicted octanol–water partition coefficient (Wildman–Crippen LogP) is 9.38. The molecule has 4 unspecified atom stereocenters. The van der Waals surface area contributed by atoms with Crippen molar-refractivity contribution in [3.8, 4) is 17.2 Å². The first kappa shape index (κ1) is 40.8. The third-order valence-corrected chi connectivity index (χ3v) is 12.9. The molecular weight excluding hydrogens is 769 g/mol. The molecule has 0 saturated heterocycles. The molecule has 54 heavy (non-hydrogen) atoms. The highest BCUT2D eigenvalue weighted by Crippen LogP contribution is 2.52. The Morgan fingerprint density at radius 3 is 1.48 bits per heavy atom. The van der Waals surface area contributed by atoms with E-state index in [1.165, 1.54) is 4.78 Å². The molecule has 0 radical (unpaired) electrons. The van der Waals surface area contributed by atoms with Gasteiger partial charge in [0, 0.05) is 52.4 Å². The van der Waals surface area contributed by atoms with Crippen molar-refractivity contribution in [3.05, 3.63) is 161 Å². The first-order valence-electron chi connectivity index (χ1n) is 16.4. The summed E-state index contributed by atoms with van der Waals surface area (Å²) in [7, 11) is -1.80. The SMILES string of the molecule is COc1ccc(/C=N/N(C)P(=S)(Oc2ccc(C(NCc3ccccc3)[P+](=O)OO)cc2)Oc2ccc(C(NCc3ccccc3)[P+](=O)OO)cc2)cc1. The first-order chi connectivity index (χ1) is 26.2. The van der Waals surface area contributed by atoms with Gasteiger partial charge in [-0.3, -0.25) is 10.6 Å². The Labute approximate surface area is 320 Å². The van der Waals surface area contributed by atoms with Gasteiger partial charge in [-0.1, -0.05) is 60.7 Å². The number of nitrogens with zero attached hydrogens (tertiary/aromatic N) is 2. The molecule has 0 bridgehead atoms. The second kappa shape index (κ2) is 20.3. The summed E-state index contributed by atoms with van der Waals surface area (Å²) < 4.78 is 53.2. The fourth-order valence-corrected chi connectivity index (χ4v) is 8.44. The zero-order valence-electron chi connectivity index (χ0n) is 29.2. The molecule has 0 aromatic heterocycles. The van der Waals surface area contributed by atoms with Crippen molar-refractivity contribution >= 4 is 40.7 Å². The smallest absolute Gasteiger partial charge is 0.497 e. The quantitative estimate of drug-likeness (QED) is 0.0255. The zero-order chi connectivity index (χ0) is 38.3. The molecule has 0 aliphatic heterocycles. The van der Waals surface area contributed by atoms with Gasteiger partial charge in [0.05, 0.1) is 13.3 Å². The van der Waals surface area contributed by atoms with E-state index < -0.39 is 34.3 Å². The molecule has 5 aromatic rings. The van der Waals surface area contributed by atoms with E-state index in [2.05, 4.69) is 25.1 Å². The van der Waals surface area contributed by atoms with Gasteiger partial charge in [0.1, 0.15) is 17.2 Å². The summed E-state index contributed by atoms with van der Waals surface area (Å²) in [5, 5.41) is 29.4. The molecule has 13 nitrogen and oxygen atoms in total. The molecule has 5 aromatic carbocycles. The van der Waals surface area contributed by atoms with E-state index >= 15 is 0 Å². The average molecular weight is 809 g/mol. The monoisotopic (exact) mass is 808 g/mol. The Hall–Kier alpha value is -4.42. The summed E-state index contributed by atoms with van der Waals surface area (Å²) in [6.45, 7) is -2.71. The molecular formula is C37H39N4O9P3S+2. The summed E-state index contributed by atoms with van der Waals surface area (Å²) in [6.07, 6.45) is 1.61. The third-order valence-electron chi connectivity index (χ3n) is 7.94. The van der Waals surface area contributed by atoms with Crippen LogP contribution in [0.4, 0.5) is 0 Å². The standard InChI is InChI=1S/C37H37N4O9P3S/c1-41(40-27-30-13-19-33(46-2)20-14-30)53(54,47-34-21-15-31(16-22-34)36(51(44)49-42)38-25-28-9-5-3-6-10-28)48-35-23-17-32(18-24-35)37(52(45)50-43)39-26-29-11-7-4-8-12-29/h3-24,27,36-39H,25-26H2,1-2H3/p+2/b40-27+. The van der Waals surface area contributed by atoms with Gasteiger partial charge in [-0.15, -0.1) is 0 Å².